The minimum Gasteiger partial charge on any atom is -0.508 e. The summed E-state index contributed by atoms with van der Waals surface area (Å²) in [7, 11) is 3.16. The number of carbonyl (C=O) groups is 1. The zero-order valence-corrected chi connectivity index (χ0v) is 15.4. The second-order valence-corrected chi connectivity index (χ2v) is 5.62. The topological polar surface area (TPSA) is 118 Å². The molecule has 0 fully saturated rings. The van der Waals surface area contributed by atoms with Crippen LogP contribution in [0.5, 0.6) is 17.2 Å². The maximum absolute atomic E-state index is 11.9. The van der Waals surface area contributed by atoms with Gasteiger partial charge in [0.2, 0.25) is 0 Å². The fraction of sp³-hybridized carbons (Fsp3) is 0.263. The number of carbonyl (C=O) groups excluding carboxylic acids is 1. The van der Waals surface area contributed by atoms with Gasteiger partial charge in [0.15, 0.2) is 17.5 Å². The number of nitrogens with one attached hydrogen (secondary N) is 2. The van der Waals surface area contributed by atoms with Crippen LogP contribution in [0.4, 0.5) is 0 Å². The van der Waals surface area contributed by atoms with Gasteiger partial charge < -0.3 is 30.9 Å². The molecule has 0 spiro atoms. The van der Waals surface area contributed by atoms with Crippen molar-refractivity contribution in [2.75, 3.05) is 27.3 Å². The van der Waals surface area contributed by atoms with Gasteiger partial charge in [-0.15, -0.1) is 0 Å². The highest BCUT2D eigenvalue weighted by atomic mass is 16.5. The maximum Gasteiger partial charge on any atom is 0.251 e. The Morgan fingerprint density at radius 3 is 2.37 bits per heavy atom. The third kappa shape index (κ3) is 6.10. The molecule has 2 rings (SSSR count). The van der Waals surface area contributed by atoms with Crippen LogP contribution in [0.1, 0.15) is 15.9 Å². The van der Waals surface area contributed by atoms with Crippen LogP contribution in [0.15, 0.2) is 47.5 Å². The van der Waals surface area contributed by atoms with Gasteiger partial charge in [0.25, 0.3) is 5.91 Å². The zero-order chi connectivity index (χ0) is 19.6. The Balaban J connectivity index is 1.76. The summed E-state index contributed by atoms with van der Waals surface area (Å²) in [4.78, 5) is 16.2. The van der Waals surface area contributed by atoms with E-state index in [1.54, 1.807) is 26.4 Å². The van der Waals surface area contributed by atoms with Crippen molar-refractivity contribution < 1.29 is 19.4 Å². The van der Waals surface area contributed by atoms with Crippen LogP contribution in [-0.4, -0.2) is 44.3 Å². The monoisotopic (exact) mass is 372 g/mol. The van der Waals surface area contributed by atoms with E-state index in [9.17, 15) is 9.90 Å². The minimum atomic E-state index is -0.224. The third-order valence-corrected chi connectivity index (χ3v) is 3.73. The molecule has 0 atom stereocenters. The van der Waals surface area contributed by atoms with Crippen molar-refractivity contribution in [1.29, 1.82) is 0 Å². The molecule has 0 radical (unpaired) electrons. The molecule has 27 heavy (non-hydrogen) atoms. The average molecular weight is 372 g/mol. The van der Waals surface area contributed by atoms with E-state index in [4.69, 9.17) is 15.2 Å². The summed E-state index contributed by atoms with van der Waals surface area (Å²) in [6.45, 7) is 1.20. The Kier molecular flexibility index (Phi) is 7.30. The minimum absolute atomic E-state index is 0.117. The number of methoxy groups -OCH3 is 2. The van der Waals surface area contributed by atoms with Crippen molar-refractivity contribution >= 4 is 11.9 Å². The molecule has 8 heteroatoms. The summed E-state index contributed by atoms with van der Waals surface area (Å²) in [5, 5.41) is 14.9. The largest absolute Gasteiger partial charge is 0.508 e. The van der Waals surface area contributed by atoms with Crippen molar-refractivity contribution in [1.82, 2.24) is 10.6 Å². The normalized spacial score (nSPS) is 11.0. The molecule has 8 nitrogen and oxygen atoms in total. The van der Waals surface area contributed by atoms with Gasteiger partial charge in [-0.2, -0.15) is 0 Å². The lowest BCUT2D eigenvalue weighted by atomic mass is 10.2. The number of ether oxygens (including phenoxy) is 2. The Morgan fingerprint density at radius 1 is 1.04 bits per heavy atom. The van der Waals surface area contributed by atoms with Crippen LogP contribution in [0.25, 0.3) is 0 Å². The second-order valence-electron chi connectivity index (χ2n) is 5.62. The highest BCUT2D eigenvalue weighted by Crippen LogP contribution is 2.27. The Bertz CT molecular complexity index is 791. The fourth-order valence-corrected chi connectivity index (χ4v) is 2.29. The molecular formula is C19H24N4O4. The maximum atomic E-state index is 11.9. The van der Waals surface area contributed by atoms with Crippen molar-refractivity contribution in [2.45, 2.75) is 6.54 Å². The van der Waals surface area contributed by atoms with E-state index in [-0.39, 0.29) is 17.6 Å². The molecule has 1 amide bonds. The molecule has 2 aromatic rings. The molecule has 144 valence electrons. The molecule has 0 saturated carbocycles. The van der Waals surface area contributed by atoms with E-state index in [1.807, 2.05) is 18.2 Å². The van der Waals surface area contributed by atoms with E-state index in [1.165, 1.54) is 12.1 Å². The third-order valence-electron chi connectivity index (χ3n) is 3.73. The number of hydrogen-bond donors (Lipinski definition) is 4. The van der Waals surface area contributed by atoms with E-state index in [2.05, 4.69) is 15.6 Å². The molecule has 0 unspecified atom stereocenters. The number of phenolic OH excluding ortho intramolecular Hbond substituents is 1. The van der Waals surface area contributed by atoms with Gasteiger partial charge in [0.1, 0.15) is 5.75 Å². The van der Waals surface area contributed by atoms with Crippen LogP contribution in [0.3, 0.4) is 0 Å². The summed E-state index contributed by atoms with van der Waals surface area (Å²) in [6, 6.07) is 11.6. The Hall–Kier alpha value is -3.42. The highest BCUT2D eigenvalue weighted by molar-refractivity contribution is 5.94. The number of nitrogens with zero attached hydrogens (tertiary/aromatic N) is 1. The van der Waals surface area contributed by atoms with Gasteiger partial charge in [-0.3, -0.25) is 4.79 Å². The Morgan fingerprint density at radius 2 is 1.70 bits per heavy atom. The molecule has 0 saturated heterocycles. The lowest BCUT2D eigenvalue weighted by molar-refractivity contribution is 0.0954. The summed E-state index contributed by atoms with van der Waals surface area (Å²) in [6.07, 6.45) is 0. The molecule has 0 heterocycles. The molecule has 2 aromatic carbocycles. The van der Waals surface area contributed by atoms with Crippen molar-refractivity contribution in [2.24, 2.45) is 10.7 Å². The standard InChI is InChI=1S/C19H24N4O4/c1-26-16-8-3-13(11-17(16)27-2)12-23-19(20)22-10-9-21-18(25)14-4-6-15(24)7-5-14/h3-8,11,24H,9-10,12H2,1-2H3,(H,21,25)(H3,20,22,23). The van der Waals surface area contributed by atoms with E-state index in [0.29, 0.717) is 36.7 Å². The van der Waals surface area contributed by atoms with E-state index in [0.717, 1.165) is 5.56 Å². The summed E-state index contributed by atoms with van der Waals surface area (Å²) < 4.78 is 10.4. The smallest absolute Gasteiger partial charge is 0.251 e. The van der Waals surface area contributed by atoms with Gasteiger partial charge in [0, 0.05) is 18.7 Å². The first-order chi connectivity index (χ1) is 13.0. The number of phenols is 1. The quantitative estimate of drug-likeness (QED) is 0.315. The average Bonchev–Trinajstić information content (AvgIpc) is 2.69. The number of aromatic hydroxyl groups is 1. The van der Waals surface area contributed by atoms with Gasteiger partial charge in [-0.25, -0.2) is 4.99 Å². The Labute approximate surface area is 158 Å². The molecule has 0 bridgehead atoms. The molecule has 0 aliphatic heterocycles. The van der Waals surface area contributed by atoms with Gasteiger partial charge in [-0.1, -0.05) is 6.07 Å². The van der Waals surface area contributed by atoms with Crippen LogP contribution in [0.2, 0.25) is 0 Å². The molecular weight excluding hydrogens is 348 g/mol. The molecule has 5 N–H and O–H groups in total. The van der Waals surface area contributed by atoms with E-state index >= 15 is 0 Å². The van der Waals surface area contributed by atoms with Crippen molar-refractivity contribution in [3.05, 3.63) is 53.6 Å². The first-order valence-corrected chi connectivity index (χ1v) is 8.35. The lowest BCUT2D eigenvalue weighted by Gasteiger charge is -2.09. The van der Waals surface area contributed by atoms with Crippen molar-refractivity contribution in [3.63, 3.8) is 0 Å². The number of nitrogens with two attached hydrogens (primary N) is 1. The van der Waals surface area contributed by atoms with Crippen LogP contribution in [-0.2, 0) is 6.54 Å². The lowest BCUT2D eigenvalue weighted by Crippen LogP contribution is -2.38. The SMILES string of the molecule is COc1ccc(CN=C(N)NCCNC(=O)c2ccc(O)cc2)cc1OC. The predicted octanol–water partition coefficient (Wildman–Crippen LogP) is 1.24. The predicted molar refractivity (Wildman–Crippen MR) is 103 cm³/mol. The number of amides is 1. The van der Waals surface area contributed by atoms with Gasteiger partial charge in [-0.05, 0) is 42.0 Å². The zero-order valence-electron chi connectivity index (χ0n) is 15.4. The second kappa shape index (κ2) is 9.91. The number of benzene rings is 2. The number of rotatable bonds is 8. The number of hydrogen-bond acceptors (Lipinski definition) is 5. The molecule has 0 aliphatic carbocycles. The van der Waals surface area contributed by atoms with Crippen LogP contribution >= 0.6 is 0 Å². The van der Waals surface area contributed by atoms with Gasteiger partial charge >= 0.3 is 0 Å². The van der Waals surface area contributed by atoms with Crippen LogP contribution < -0.4 is 25.8 Å². The summed E-state index contributed by atoms with van der Waals surface area (Å²) in [5.41, 5.74) is 7.24. The van der Waals surface area contributed by atoms with Crippen molar-refractivity contribution in [3.8, 4) is 17.2 Å². The van der Waals surface area contributed by atoms with E-state index < -0.39 is 0 Å². The van der Waals surface area contributed by atoms with Crippen LogP contribution in [0, 0.1) is 0 Å². The molecule has 0 aromatic heterocycles. The number of aliphatic imine (C=N–C) groups is 1. The number of guanidine groups is 1. The molecule has 0 aliphatic rings. The summed E-state index contributed by atoms with van der Waals surface area (Å²) >= 11 is 0. The first-order valence-electron chi connectivity index (χ1n) is 8.35. The van der Waals surface area contributed by atoms with Gasteiger partial charge in [0.05, 0.1) is 20.8 Å². The summed E-state index contributed by atoms with van der Waals surface area (Å²) in [5.74, 6) is 1.46. The first kappa shape index (κ1) is 19.9. The fourth-order valence-electron chi connectivity index (χ4n) is 2.29. The highest BCUT2D eigenvalue weighted by Gasteiger charge is 2.05.